The van der Waals surface area contributed by atoms with E-state index in [1.807, 2.05) is 0 Å². The third-order valence-corrected chi connectivity index (χ3v) is 7.90. The number of hydrogen-bond donors (Lipinski definition) is 0. The Hall–Kier alpha value is -0.153. The van der Waals surface area contributed by atoms with Gasteiger partial charge in [-0.2, -0.15) is 0 Å². The molecule has 1 aliphatic rings. The molecule has 0 aromatic heterocycles. The summed E-state index contributed by atoms with van der Waals surface area (Å²) in [4.78, 5) is 0. The Bertz CT molecular complexity index is 250. The first-order valence-corrected chi connectivity index (χ1v) is 8.93. The van der Waals surface area contributed by atoms with Gasteiger partial charge in [0.25, 0.3) is 0 Å². The Morgan fingerprint density at radius 2 is 1.25 bits per heavy atom. The molecule has 0 aromatic rings. The van der Waals surface area contributed by atoms with Crippen molar-refractivity contribution in [1.82, 2.24) is 9.13 Å². The van der Waals surface area contributed by atoms with Crippen molar-refractivity contribution in [3.63, 3.8) is 0 Å². The highest BCUT2D eigenvalue weighted by atomic mass is 35.6. The highest BCUT2D eigenvalue weighted by molar-refractivity contribution is 7.04. The third kappa shape index (κ3) is 2.40. The van der Waals surface area contributed by atoms with Gasteiger partial charge in [0, 0.05) is 23.5 Å². The predicted octanol–water partition coefficient (Wildman–Crippen LogP) is 3.41. The summed E-state index contributed by atoms with van der Waals surface area (Å²) in [5.41, 5.74) is 0.349. The smallest absolute Gasteiger partial charge is 0.349 e. The minimum Gasteiger partial charge on any atom is -0.371 e. The zero-order valence-electron chi connectivity index (χ0n) is 11.4. The molecule has 1 rings (SSSR count). The molecule has 0 N–H and O–H groups in total. The van der Waals surface area contributed by atoms with Gasteiger partial charge in [0.15, 0.2) is 0 Å². The van der Waals surface area contributed by atoms with Gasteiger partial charge >= 0.3 is 8.43 Å². The van der Waals surface area contributed by atoms with Crippen molar-refractivity contribution in [2.75, 3.05) is 0 Å². The maximum Gasteiger partial charge on any atom is 0.349 e. The molecule has 0 fully saturated rings. The first kappa shape index (κ1) is 13.9. The molecule has 2 nitrogen and oxygen atoms in total. The van der Waals surface area contributed by atoms with E-state index in [1.165, 1.54) is 0 Å². The molecule has 0 unspecified atom stereocenters. The van der Waals surface area contributed by atoms with Crippen LogP contribution in [0.25, 0.3) is 0 Å². The van der Waals surface area contributed by atoms with Gasteiger partial charge in [-0.05, 0) is 40.5 Å². The summed E-state index contributed by atoms with van der Waals surface area (Å²) in [5, 5.41) is 0. The van der Waals surface area contributed by atoms with Gasteiger partial charge in [0.2, 0.25) is 0 Å². The van der Waals surface area contributed by atoms with Crippen LogP contribution in [0, 0.1) is 0 Å². The van der Waals surface area contributed by atoms with E-state index in [2.05, 4.69) is 63.1 Å². The summed E-state index contributed by atoms with van der Waals surface area (Å²) in [7, 11) is -1.54. The van der Waals surface area contributed by atoms with E-state index >= 15 is 0 Å². The summed E-state index contributed by atoms with van der Waals surface area (Å²) < 4.78 is 4.76. The predicted molar refractivity (Wildman–Crippen MR) is 74.6 cm³/mol. The van der Waals surface area contributed by atoms with Crippen LogP contribution in [0.4, 0.5) is 0 Å². The SMILES string of the molecule is CCC(C)(C)N1C=CN(C(C)(C)CC)[SiH]1Cl. The lowest BCUT2D eigenvalue weighted by molar-refractivity contribution is 0.252. The van der Waals surface area contributed by atoms with Crippen LogP contribution in [-0.2, 0) is 0 Å². The largest absolute Gasteiger partial charge is 0.371 e. The zero-order valence-corrected chi connectivity index (χ0v) is 13.3. The molecule has 0 amide bonds. The molecule has 0 bridgehead atoms. The van der Waals surface area contributed by atoms with Crippen molar-refractivity contribution in [3.05, 3.63) is 12.4 Å². The first-order chi connectivity index (χ1) is 7.26. The Labute approximate surface area is 107 Å². The molecule has 0 aliphatic carbocycles. The summed E-state index contributed by atoms with van der Waals surface area (Å²) >= 11 is 6.70. The molecule has 0 atom stereocenters. The second-order valence-electron chi connectivity index (χ2n) is 5.76. The number of rotatable bonds is 4. The minimum atomic E-state index is -1.54. The number of hydrogen-bond acceptors (Lipinski definition) is 2. The Morgan fingerprint density at radius 3 is 1.50 bits per heavy atom. The van der Waals surface area contributed by atoms with E-state index in [0.717, 1.165) is 12.8 Å². The fourth-order valence-electron chi connectivity index (χ4n) is 1.77. The molecule has 0 aromatic carbocycles. The Kier molecular flexibility index (Phi) is 4.01. The van der Waals surface area contributed by atoms with E-state index in [0.29, 0.717) is 0 Å². The van der Waals surface area contributed by atoms with E-state index in [9.17, 15) is 0 Å². The maximum atomic E-state index is 6.70. The highest BCUT2D eigenvalue weighted by Crippen LogP contribution is 2.33. The third-order valence-electron chi connectivity index (χ3n) is 3.98. The lowest BCUT2D eigenvalue weighted by atomic mass is 10.0. The van der Waals surface area contributed by atoms with Gasteiger partial charge in [-0.3, -0.25) is 0 Å². The molecule has 0 radical (unpaired) electrons. The summed E-state index contributed by atoms with van der Waals surface area (Å²) in [6, 6.07) is 0. The van der Waals surface area contributed by atoms with Crippen LogP contribution < -0.4 is 0 Å². The Balaban J connectivity index is 2.84. The monoisotopic (exact) mass is 260 g/mol. The minimum absolute atomic E-state index is 0.174. The van der Waals surface area contributed by atoms with Crippen molar-refractivity contribution < 1.29 is 0 Å². The fourth-order valence-corrected chi connectivity index (χ4v) is 5.97. The quantitative estimate of drug-likeness (QED) is 0.565. The first-order valence-electron chi connectivity index (χ1n) is 6.15. The van der Waals surface area contributed by atoms with Crippen molar-refractivity contribution >= 4 is 19.5 Å². The highest BCUT2D eigenvalue weighted by Gasteiger charge is 2.40. The lowest BCUT2D eigenvalue weighted by Crippen LogP contribution is -2.55. The Morgan fingerprint density at radius 1 is 0.938 bits per heavy atom. The summed E-state index contributed by atoms with van der Waals surface area (Å²) in [5.74, 6) is 0. The van der Waals surface area contributed by atoms with Gasteiger partial charge in [0.1, 0.15) is 0 Å². The molecular weight excluding hydrogens is 236 g/mol. The van der Waals surface area contributed by atoms with Crippen molar-refractivity contribution in [2.45, 2.75) is 65.5 Å². The van der Waals surface area contributed by atoms with Crippen LogP contribution in [0.5, 0.6) is 0 Å². The van der Waals surface area contributed by atoms with E-state index in [1.54, 1.807) is 0 Å². The van der Waals surface area contributed by atoms with Crippen LogP contribution in [0.2, 0.25) is 0 Å². The van der Waals surface area contributed by atoms with E-state index in [-0.39, 0.29) is 11.1 Å². The molecule has 4 heteroatoms. The second-order valence-corrected chi connectivity index (χ2v) is 8.66. The van der Waals surface area contributed by atoms with E-state index < -0.39 is 8.43 Å². The van der Waals surface area contributed by atoms with Crippen LogP contribution >= 0.6 is 11.1 Å². The maximum absolute atomic E-state index is 6.70. The van der Waals surface area contributed by atoms with Gasteiger partial charge in [-0.15, -0.1) is 11.1 Å². The van der Waals surface area contributed by atoms with Gasteiger partial charge in [-0.1, -0.05) is 13.8 Å². The topological polar surface area (TPSA) is 6.48 Å². The van der Waals surface area contributed by atoms with Gasteiger partial charge in [0.05, 0.1) is 0 Å². The van der Waals surface area contributed by atoms with E-state index in [4.69, 9.17) is 11.1 Å². The molecule has 1 heterocycles. The molecule has 0 spiro atoms. The lowest BCUT2D eigenvalue weighted by Gasteiger charge is -2.43. The average Bonchev–Trinajstić information content (AvgIpc) is 2.61. The van der Waals surface area contributed by atoms with Crippen LogP contribution in [-0.4, -0.2) is 28.6 Å². The van der Waals surface area contributed by atoms with Crippen molar-refractivity contribution in [2.24, 2.45) is 0 Å². The second kappa shape index (κ2) is 4.61. The molecule has 0 saturated heterocycles. The van der Waals surface area contributed by atoms with Gasteiger partial charge < -0.3 is 9.13 Å². The normalized spacial score (nSPS) is 18.7. The standard InChI is InChI=1S/C12H25ClN2Si/c1-7-11(3,4)14-9-10-15(16(14)13)12(5,6)8-2/h9-10,16H,7-8H2,1-6H3. The molecule has 16 heavy (non-hydrogen) atoms. The molecule has 1 aliphatic heterocycles. The number of nitrogens with zero attached hydrogens (tertiary/aromatic N) is 2. The summed E-state index contributed by atoms with van der Waals surface area (Å²) in [6.07, 6.45) is 6.61. The average molecular weight is 261 g/mol. The van der Waals surface area contributed by atoms with Crippen LogP contribution in [0.1, 0.15) is 54.4 Å². The van der Waals surface area contributed by atoms with Gasteiger partial charge in [-0.25, -0.2) is 0 Å². The van der Waals surface area contributed by atoms with Crippen molar-refractivity contribution in [3.8, 4) is 0 Å². The zero-order chi connectivity index (χ0) is 12.6. The molecular formula is C12H25ClN2Si. The molecule has 0 saturated carbocycles. The van der Waals surface area contributed by atoms with Crippen molar-refractivity contribution in [1.29, 1.82) is 0 Å². The number of halogens is 1. The van der Waals surface area contributed by atoms with Crippen LogP contribution in [0.15, 0.2) is 12.4 Å². The van der Waals surface area contributed by atoms with Crippen LogP contribution in [0.3, 0.4) is 0 Å². The molecule has 94 valence electrons. The summed E-state index contributed by atoms with van der Waals surface area (Å²) in [6.45, 7) is 13.5. The fraction of sp³-hybridized carbons (Fsp3) is 0.833.